The molecule has 94 valence electrons. The highest BCUT2D eigenvalue weighted by Gasteiger charge is 2.15. The number of hydrogen-bond donors (Lipinski definition) is 1. The third kappa shape index (κ3) is 2.13. The van der Waals surface area contributed by atoms with E-state index in [-0.39, 0.29) is 10.6 Å². The van der Waals surface area contributed by atoms with E-state index in [0.29, 0.717) is 5.82 Å². The van der Waals surface area contributed by atoms with Crippen molar-refractivity contribution in [2.75, 3.05) is 0 Å². The van der Waals surface area contributed by atoms with Crippen molar-refractivity contribution in [3.63, 3.8) is 0 Å². The van der Waals surface area contributed by atoms with Crippen LogP contribution in [0, 0.1) is 13.8 Å². The highest BCUT2D eigenvalue weighted by molar-refractivity contribution is 9.10. The Balaban J connectivity index is 2.61. The molecule has 0 saturated heterocycles. The molecule has 0 saturated carbocycles. The normalized spacial score (nSPS) is 10.7. The van der Waals surface area contributed by atoms with Crippen LogP contribution in [-0.4, -0.2) is 25.8 Å². The van der Waals surface area contributed by atoms with E-state index in [9.17, 15) is 4.79 Å². The molecule has 0 aromatic carbocycles. The Morgan fingerprint density at radius 3 is 2.67 bits per heavy atom. The Morgan fingerprint density at radius 1 is 1.50 bits per heavy atom. The maximum absolute atomic E-state index is 11.0. The van der Waals surface area contributed by atoms with Gasteiger partial charge in [-0.1, -0.05) is 11.6 Å². The number of rotatable bonds is 2. The van der Waals surface area contributed by atoms with Crippen LogP contribution in [0.2, 0.25) is 5.02 Å². The molecule has 0 aliphatic carbocycles. The lowest BCUT2D eigenvalue weighted by Gasteiger charge is -2.05. The monoisotopic (exact) mass is 329 g/mol. The molecule has 0 aliphatic rings. The van der Waals surface area contributed by atoms with E-state index in [4.69, 9.17) is 16.7 Å². The molecular formula is C11H9BrClN3O2. The van der Waals surface area contributed by atoms with Crippen LogP contribution in [0.25, 0.3) is 5.82 Å². The summed E-state index contributed by atoms with van der Waals surface area (Å²) in [6, 6.07) is 1.40. The van der Waals surface area contributed by atoms with E-state index in [2.05, 4.69) is 26.0 Å². The molecule has 18 heavy (non-hydrogen) atoms. The van der Waals surface area contributed by atoms with Gasteiger partial charge in [0.1, 0.15) is 0 Å². The Bertz CT molecular complexity index is 639. The van der Waals surface area contributed by atoms with Crippen LogP contribution in [-0.2, 0) is 0 Å². The van der Waals surface area contributed by atoms with E-state index in [1.165, 1.54) is 12.3 Å². The maximum Gasteiger partial charge on any atom is 0.337 e. The average molecular weight is 331 g/mol. The first-order valence-corrected chi connectivity index (χ1v) is 6.20. The first kappa shape index (κ1) is 13.0. The van der Waals surface area contributed by atoms with Crippen LogP contribution in [0.5, 0.6) is 0 Å². The fourth-order valence-electron chi connectivity index (χ4n) is 1.55. The topological polar surface area (TPSA) is 68.0 Å². The minimum absolute atomic E-state index is 0.00495. The number of carboxylic acids is 1. The van der Waals surface area contributed by atoms with Crippen LogP contribution in [0.4, 0.5) is 0 Å². The lowest BCUT2D eigenvalue weighted by Crippen LogP contribution is -2.06. The number of aromatic nitrogens is 3. The van der Waals surface area contributed by atoms with Gasteiger partial charge in [0.05, 0.1) is 26.4 Å². The minimum Gasteiger partial charge on any atom is -0.478 e. The van der Waals surface area contributed by atoms with Gasteiger partial charge in [0.25, 0.3) is 0 Å². The maximum atomic E-state index is 11.0. The van der Waals surface area contributed by atoms with Gasteiger partial charge in [-0.15, -0.1) is 0 Å². The second kappa shape index (κ2) is 4.70. The van der Waals surface area contributed by atoms with Crippen LogP contribution < -0.4 is 0 Å². The fourth-order valence-corrected chi connectivity index (χ4v) is 1.99. The van der Waals surface area contributed by atoms with Gasteiger partial charge in [0.2, 0.25) is 0 Å². The summed E-state index contributed by atoms with van der Waals surface area (Å²) >= 11 is 9.18. The number of nitrogens with zero attached hydrogens (tertiary/aromatic N) is 3. The number of hydrogen-bond acceptors (Lipinski definition) is 3. The lowest BCUT2D eigenvalue weighted by molar-refractivity contribution is 0.0697. The number of carboxylic acid groups (broad SMARTS) is 1. The molecule has 1 N–H and O–H groups in total. The molecule has 0 atom stereocenters. The molecule has 0 spiro atoms. The molecule has 5 nitrogen and oxygen atoms in total. The predicted octanol–water partition coefficient (Wildman–Crippen LogP) is 3.00. The standard InChI is InChI=1S/C11H9BrClN3O2/c1-5-10(12)6(2)16(15-5)9-3-7(11(17)18)8(13)4-14-9/h3-4H,1-2H3,(H,17,18). The predicted molar refractivity (Wildman–Crippen MR) is 70.5 cm³/mol. The van der Waals surface area contributed by atoms with Crippen molar-refractivity contribution in [2.45, 2.75) is 13.8 Å². The first-order chi connectivity index (χ1) is 8.41. The second-order valence-corrected chi connectivity index (χ2v) is 4.92. The van der Waals surface area contributed by atoms with Crippen molar-refractivity contribution >= 4 is 33.5 Å². The summed E-state index contributed by atoms with van der Waals surface area (Å²) in [7, 11) is 0. The van der Waals surface area contributed by atoms with Gasteiger partial charge < -0.3 is 5.11 Å². The summed E-state index contributed by atoms with van der Waals surface area (Å²) in [5.74, 6) is -0.674. The summed E-state index contributed by atoms with van der Waals surface area (Å²) in [6.07, 6.45) is 1.31. The molecule has 2 aromatic rings. The highest BCUT2D eigenvalue weighted by Crippen LogP contribution is 2.24. The molecular weight excluding hydrogens is 321 g/mol. The zero-order valence-corrected chi connectivity index (χ0v) is 11.9. The molecule has 0 amide bonds. The van der Waals surface area contributed by atoms with Gasteiger partial charge in [-0.3, -0.25) is 0 Å². The quantitative estimate of drug-likeness (QED) is 0.919. The van der Waals surface area contributed by atoms with E-state index in [1.54, 1.807) is 4.68 Å². The zero-order chi connectivity index (χ0) is 13.4. The Hall–Kier alpha value is -1.40. The molecule has 7 heteroatoms. The minimum atomic E-state index is -1.09. The van der Waals surface area contributed by atoms with Crippen molar-refractivity contribution in [1.29, 1.82) is 0 Å². The van der Waals surface area contributed by atoms with Crippen LogP contribution in [0.3, 0.4) is 0 Å². The van der Waals surface area contributed by atoms with Crippen LogP contribution in [0.1, 0.15) is 21.7 Å². The van der Waals surface area contributed by atoms with Gasteiger partial charge in [-0.25, -0.2) is 14.5 Å². The Labute approximate surface area is 117 Å². The van der Waals surface area contributed by atoms with Crippen LogP contribution in [0.15, 0.2) is 16.7 Å². The third-order valence-electron chi connectivity index (χ3n) is 2.49. The largest absolute Gasteiger partial charge is 0.478 e. The van der Waals surface area contributed by atoms with Gasteiger partial charge in [0, 0.05) is 6.20 Å². The SMILES string of the molecule is Cc1nn(-c2cc(C(=O)O)c(Cl)cn2)c(C)c1Br. The molecule has 0 unspecified atom stereocenters. The molecule has 2 heterocycles. The molecule has 2 aromatic heterocycles. The summed E-state index contributed by atoms with van der Waals surface area (Å²) in [4.78, 5) is 15.1. The summed E-state index contributed by atoms with van der Waals surface area (Å²) in [6.45, 7) is 3.71. The van der Waals surface area contributed by atoms with Crippen molar-refractivity contribution in [3.05, 3.63) is 38.7 Å². The number of halogens is 2. The van der Waals surface area contributed by atoms with Crippen molar-refractivity contribution < 1.29 is 9.90 Å². The summed E-state index contributed by atoms with van der Waals surface area (Å²) < 4.78 is 2.44. The van der Waals surface area contributed by atoms with Gasteiger partial charge in [-0.2, -0.15) is 5.10 Å². The lowest BCUT2D eigenvalue weighted by atomic mass is 10.2. The summed E-state index contributed by atoms with van der Waals surface area (Å²) in [5, 5.41) is 13.4. The van der Waals surface area contributed by atoms with E-state index >= 15 is 0 Å². The van der Waals surface area contributed by atoms with E-state index < -0.39 is 5.97 Å². The number of carbonyl (C=O) groups is 1. The molecule has 0 bridgehead atoms. The third-order valence-corrected chi connectivity index (χ3v) is 3.94. The molecule has 0 aliphatic heterocycles. The molecule has 0 fully saturated rings. The van der Waals surface area contributed by atoms with Gasteiger partial charge in [0.15, 0.2) is 5.82 Å². The van der Waals surface area contributed by atoms with Crippen molar-refractivity contribution in [1.82, 2.24) is 14.8 Å². The zero-order valence-electron chi connectivity index (χ0n) is 9.61. The number of pyridine rings is 1. The first-order valence-electron chi connectivity index (χ1n) is 5.02. The Morgan fingerprint density at radius 2 is 2.17 bits per heavy atom. The smallest absolute Gasteiger partial charge is 0.337 e. The van der Waals surface area contributed by atoms with Crippen molar-refractivity contribution in [3.8, 4) is 5.82 Å². The highest BCUT2D eigenvalue weighted by atomic mass is 79.9. The number of aryl methyl sites for hydroxylation is 1. The Kier molecular flexibility index (Phi) is 3.41. The summed E-state index contributed by atoms with van der Waals surface area (Å²) in [5.41, 5.74) is 1.66. The number of aromatic carboxylic acids is 1. The van der Waals surface area contributed by atoms with E-state index in [1.807, 2.05) is 13.8 Å². The molecule has 2 rings (SSSR count). The fraction of sp³-hybridized carbons (Fsp3) is 0.182. The van der Waals surface area contributed by atoms with Crippen LogP contribution >= 0.6 is 27.5 Å². The van der Waals surface area contributed by atoms with Gasteiger partial charge in [-0.05, 0) is 35.8 Å². The van der Waals surface area contributed by atoms with Crippen molar-refractivity contribution in [2.24, 2.45) is 0 Å². The average Bonchev–Trinajstić information content (AvgIpc) is 2.57. The van der Waals surface area contributed by atoms with E-state index in [0.717, 1.165) is 15.9 Å². The second-order valence-electron chi connectivity index (χ2n) is 3.72. The molecule has 0 radical (unpaired) electrons. The van der Waals surface area contributed by atoms with Gasteiger partial charge >= 0.3 is 5.97 Å².